The molecule has 10 rings (SSSR count). The summed E-state index contributed by atoms with van der Waals surface area (Å²) >= 11 is 0. The third kappa shape index (κ3) is 4.80. The Morgan fingerprint density at radius 3 is 1.35 bits per heavy atom. The van der Waals surface area contributed by atoms with Gasteiger partial charge in [0, 0.05) is 32.9 Å². The number of hydrogen-bond donors (Lipinski definition) is 0. The molecule has 10 aromatic rings. The van der Waals surface area contributed by atoms with E-state index in [-0.39, 0.29) is 5.56 Å². The SMILES string of the molecule is [2H]c1c([2H])c([2H])c(-c2c([2H])c([2H])c(-n3c4c([2H])c([2H])c([2H])c([2H])c4c4c([2H])c(-c5c([2H])c([2H])c6c(c5[2H])c5c([2H])c([2H])c([2H])c([2H])c5n6-c5c([2H])c([2H])c(-c6c([2H])c([2H])c([2H])c([2H])c6[2H])c([2H])c5C)c([2H])c([2H])c43)c([2H])c2[2H])c([2H])c1[2H]. The molecule has 0 saturated heterocycles. The smallest absolute Gasteiger partial charge is 0.0645 e. The minimum atomic E-state index is -1.07. The highest BCUT2D eigenvalue weighted by Crippen LogP contribution is 2.39. The van der Waals surface area contributed by atoms with E-state index >= 15 is 0 Å². The van der Waals surface area contributed by atoms with Gasteiger partial charge in [0.1, 0.15) is 0 Å². The fourth-order valence-corrected chi connectivity index (χ4v) is 5.86. The van der Waals surface area contributed by atoms with Gasteiger partial charge >= 0.3 is 0 Å². The van der Waals surface area contributed by atoms with Gasteiger partial charge < -0.3 is 9.13 Å². The molecule has 0 aliphatic rings. The lowest BCUT2D eigenvalue weighted by Crippen LogP contribution is -1.97. The number of rotatable bonds is 5. The van der Waals surface area contributed by atoms with Crippen LogP contribution in [0.2, 0.25) is 0 Å². The van der Waals surface area contributed by atoms with Gasteiger partial charge in [-0.05, 0) is 106 Å². The molecule has 51 heavy (non-hydrogen) atoms. The van der Waals surface area contributed by atoms with Crippen molar-refractivity contribution >= 4 is 43.6 Å². The number of para-hydroxylation sites is 2. The fraction of sp³-hybridized carbons (Fsp3) is 0.0204. The number of fused-ring (bicyclic) bond motifs is 6. The highest BCUT2D eigenvalue weighted by atomic mass is 15.0. The highest BCUT2D eigenvalue weighted by molar-refractivity contribution is 6.12. The molecule has 2 aromatic heterocycles. The van der Waals surface area contributed by atoms with Crippen LogP contribution in [0.5, 0.6) is 0 Å². The van der Waals surface area contributed by atoms with E-state index in [1.165, 1.54) is 6.92 Å². The maximum Gasteiger partial charge on any atom is 0.0645 e. The Labute approximate surface area is 340 Å². The first kappa shape index (κ1) is 11.7. The van der Waals surface area contributed by atoms with E-state index in [1.54, 1.807) is 0 Å². The zero-order chi connectivity index (χ0) is 60.9. The zero-order valence-electron chi connectivity index (χ0n) is 56.9. The van der Waals surface area contributed by atoms with E-state index in [1.807, 2.05) is 0 Å². The number of benzene rings is 8. The Hall–Kier alpha value is -6.64. The van der Waals surface area contributed by atoms with Crippen LogP contribution in [0, 0.1) is 6.92 Å². The third-order valence-electron chi connectivity index (χ3n) is 8.10. The van der Waals surface area contributed by atoms with Crippen LogP contribution < -0.4 is 0 Å². The van der Waals surface area contributed by atoms with Crippen LogP contribution in [0.25, 0.3) is 88.4 Å². The summed E-state index contributed by atoms with van der Waals surface area (Å²) in [6.07, 6.45) is 0. The van der Waals surface area contributed by atoms with Crippen molar-refractivity contribution in [2.45, 2.75) is 6.92 Å². The molecule has 0 aliphatic heterocycles. The van der Waals surface area contributed by atoms with Crippen LogP contribution in [-0.2, 0) is 0 Å². The molecule has 0 unspecified atom stereocenters. The van der Waals surface area contributed by atoms with E-state index in [0.717, 1.165) is 4.57 Å². The number of aromatic nitrogens is 2. The average molecular weight is 682 g/mol. The number of hydrogen-bond acceptors (Lipinski definition) is 0. The predicted octanol–water partition coefficient (Wildman–Crippen LogP) is 13.2. The van der Waals surface area contributed by atoms with Gasteiger partial charge in [0.2, 0.25) is 0 Å². The quantitative estimate of drug-likeness (QED) is 0.171. The standard InChI is InChI=1S/C49H34N2/c1-33-30-37(35-14-6-3-7-15-35)22-27-45(33)51-47-19-11-9-17-42(47)44-32-39(24-29-49(44)51)38-23-28-48-43(31-38)41-16-8-10-18-46(41)50(48)40-25-20-36(21-26-40)34-12-4-2-5-13-34/h2-32H,1H3/i2D,3D,4D,5D,6D,7D,8D,9D,10D,11D,12D,13D,14D,15D,16D,17D,18D,19D,20D,21D,22D,23D,24D,25D,26D,27D,28D,29D,30D,31D,32D. The molecule has 2 heterocycles. The summed E-state index contributed by atoms with van der Waals surface area (Å²) in [6.45, 7) is 1.21. The van der Waals surface area contributed by atoms with Gasteiger partial charge in [0.25, 0.3) is 0 Å². The average Bonchev–Trinajstić information content (AvgIpc) is 1.84. The minimum absolute atomic E-state index is 0.312. The molecular weight excluding hydrogens is 617 g/mol. The number of nitrogens with zero attached hydrogens (tertiary/aromatic N) is 2. The van der Waals surface area contributed by atoms with Crippen LogP contribution in [-0.4, -0.2) is 9.13 Å². The molecule has 240 valence electrons. The van der Waals surface area contributed by atoms with Gasteiger partial charge in [-0.25, -0.2) is 0 Å². The molecule has 8 aromatic carbocycles. The monoisotopic (exact) mass is 681 g/mol. The third-order valence-corrected chi connectivity index (χ3v) is 8.10. The van der Waals surface area contributed by atoms with Crippen LogP contribution in [0.15, 0.2) is 187 Å². The Bertz CT molecular complexity index is 4300. The molecule has 0 saturated carbocycles. The maximum absolute atomic E-state index is 9.89. The predicted molar refractivity (Wildman–Crippen MR) is 216 cm³/mol. The van der Waals surface area contributed by atoms with E-state index in [2.05, 4.69) is 0 Å². The minimum Gasteiger partial charge on any atom is -0.309 e. The van der Waals surface area contributed by atoms with Crippen molar-refractivity contribution < 1.29 is 42.5 Å². The molecule has 0 amide bonds. The second-order valence-corrected chi connectivity index (χ2v) is 11.0. The molecule has 0 N–H and O–H groups in total. The lowest BCUT2D eigenvalue weighted by molar-refractivity contribution is 1.15. The van der Waals surface area contributed by atoms with E-state index in [9.17, 15) is 17.8 Å². The zero-order valence-corrected chi connectivity index (χ0v) is 25.9. The molecule has 0 spiro atoms. The van der Waals surface area contributed by atoms with E-state index in [4.69, 9.17) is 24.7 Å². The largest absolute Gasteiger partial charge is 0.309 e. The molecule has 0 fully saturated rings. The molecular formula is C49H34N2. The van der Waals surface area contributed by atoms with Gasteiger partial charge in [-0.1, -0.05) is 127 Å². The lowest BCUT2D eigenvalue weighted by Gasteiger charge is -2.13. The topological polar surface area (TPSA) is 9.86 Å². The first-order valence-electron chi connectivity index (χ1n) is 30.6. The summed E-state index contributed by atoms with van der Waals surface area (Å²) in [5.41, 5.74) is -8.65. The van der Waals surface area contributed by atoms with Crippen molar-refractivity contribution in [3.63, 3.8) is 0 Å². The Balaban J connectivity index is 1.36. The molecule has 2 nitrogen and oxygen atoms in total. The summed E-state index contributed by atoms with van der Waals surface area (Å²) in [4.78, 5) is 0. The molecule has 0 atom stereocenters. The second-order valence-electron chi connectivity index (χ2n) is 11.0. The summed E-state index contributed by atoms with van der Waals surface area (Å²) in [5, 5.41) is -2.43. The first-order valence-corrected chi connectivity index (χ1v) is 15.1. The summed E-state index contributed by atoms with van der Waals surface area (Å²) < 4.78 is 279. The molecule has 0 bridgehead atoms. The molecule has 0 radical (unpaired) electrons. The normalized spacial score (nSPS) is 20.1. The molecule has 0 aliphatic carbocycles. The van der Waals surface area contributed by atoms with Gasteiger partial charge in [0.15, 0.2) is 0 Å². The fourth-order valence-electron chi connectivity index (χ4n) is 5.86. The summed E-state index contributed by atoms with van der Waals surface area (Å²) in [7, 11) is 0. The van der Waals surface area contributed by atoms with Crippen LogP contribution in [0.1, 0.15) is 48.1 Å². The van der Waals surface area contributed by atoms with Crippen LogP contribution in [0.4, 0.5) is 0 Å². The van der Waals surface area contributed by atoms with Gasteiger partial charge in [-0.15, -0.1) is 0 Å². The van der Waals surface area contributed by atoms with E-state index in [0.29, 0.717) is 4.57 Å². The second kappa shape index (κ2) is 11.8. The summed E-state index contributed by atoms with van der Waals surface area (Å²) in [6, 6.07) is -28.3. The van der Waals surface area contributed by atoms with E-state index < -0.39 is 276 Å². The van der Waals surface area contributed by atoms with Crippen molar-refractivity contribution in [2.24, 2.45) is 0 Å². The highest BCUT2D eigenvalue weighted by Gasteiger charge is 2.17. The Kier molecular flexibility index (Phi) is 2.70. The van der Waals surface area contributed by atoms with Crippen LogP contribution >= 0.6 is 0 Å². The maximum atomic E-state index is 9.89. The first-order chi connectivity index (χ1) is 38.1. The Morgan fingerprint density at radius 2 is 0.745 bits per heavy atom. The molecule has 2 heteroatoms. The lowest BCUT2D eigenvalue weighted by atomic mass is 10.0. The van der Waals surface area contributed by atoms with Crippen molar-refractivity contribution in [2.75, 3.05) is 0 Å². The van der Waals surface area contributed by atoms with Crippen molar-refractivity contribution in [1.82, 2.24) is 9.13 Å². The van der Waals surface area contributed by atoms with Gasteiger partial charge in [-0.3, -0.25) is 0 Å². The van der Waals surface area contributed by atoms with Crippen LogP contribution in [0.3, 0.4) is 0 Å². The Morgan fingerprint density at radius 1 is 0.333 bits per heavy atom. The van der Waals surface area contributed by atoms with Gasteiger partial charge in [0.05, 0.1) is 64.6 Å². The summed E-state index contributed by atoms with van der Waals surface area (Å²) in [5.74, 6) is 0. The van der Waals surface area contributed by atoms with Gasteiger partial charge in [-0.2, -0.15) is 0 Å². The van der Waals surface area contributed by atoms with Crippen molar-refractivity contribution in [1.29, 1.82) is 0 Å². The van der Waals surface area contributed by atoms with Crippen molar-refractivity contribution in [3.8, 4) is 44.8 Å². The van der Waals surface area contributed by atoms with Crippen molar-refractivity contribution in [3.05, 3.63) is 193 Å².